The third-order valence-electron chi connectivity index (χ3n) is 0.656. The highest BCUT2D eigenvalue weighted by Gasteiger charge is 1.83. The van der Waals surface area contributed by atoms with Gasteiger partial charge in [0, 0.05) is 23.5 Å². The Hall–Kier alpha value is -0.920. The van der Waals surface area contributed by atoms with Crippen LogP contribution in [0.5, 0.6) is 0 Å². The van der Waals surface area contributed by atoms with Crippen LogP contribution < -0.4 is 5.43 Å². The van der Waals surface area contributed by atoms with Crippen LogP contribution in [0.4, 0.5) is 0 Å². The predicted octanol–water partition coefficient (Wildman–Crippen LogP) is 0.464. The second-order valence-corrected chi connectivity index (χ2v) is 1.20. The molecule has 0 aliphatic carbocycles. The summed E-state index contributed by atoms with van der Waals surface area (Å²) >= 11 is 0. The van der Waals surface area contributed by atoms with Crippen LogP contribution in [0.15, 0.2) is 24.6 Å². The van der Waals surface area contributed by atoms with Crippen LogP contribution in [0.3, 0.4) is 0 Å². The Morgan fingerprint density at radius 1 is 1.71 bits per heavy atom. The van der Waals surface area contributed by atoms with Gasteiger partial charge in [-0.2, -0.15) is 0 Å². The van der Waals surface area contributed by atoms with E-state index < -0.39 is 6.98 Å². The van der Waals surface area contributed by atoms with Crippen molar-refractivity contribution >= 4 is 0 Å². The average Bonchev–Trinajstić information content (AvgIpc) is 1.88. The molecule has 7 heavy (non-hydrogen) atoms. The molecule has 0 amide bonds. The fraction of sp³-hybridized carbons (Fsp3) is 0.200. The molecular weight excluding hydrogens is 88.1 g/mol. The summed E-state index contributed by atoms with van der Waals surface area (Å²) in [5.41, 5.74) is 2.56. The first-order valence-electron chi connectivity index (χ1n) is 3.49. The third-order valence-corrected chi connectivity index (χ3v) is 0.656. The van der Waals surface area contributed by atoms with Gasteiger partial charge >= 0.3 is 0 Å². The molecule has 2 nitrogen and oxygen atoms in total. The highest BCUT2D eigenvalue weighted by Crippen LogP contribution is 1.85. The van der Waals surface area contributed by atoms with Gasteiger partial charge in [-0.25, -0.2) is 0 Å². The van der Waals surface area contributed by atoms with Crippen LogP contribution in [-0.4, -0.2) is 12.0 Å². The zero-order chi connectivity index (χ0) is 7.61. The molecule has 0 unspecified atom stereocenters. The Morgan fingerprint density at radius 3 is 3.14 bits per heavy atom. The van der Waals surface area contributed by atoms with Gasteiger partial charge in [-0.05, 0) is 12.2 Å². The smallest absolute Gasteiger partial charge is 0.0478 e. The number of nitrogens with zero attached hydrogens (tertiary/aromatic N) is 1. The summed E-state index contributed by atoms with van der Waals surface area (Å²) in [5, 5.41) is 1.06. The zero-order valence-corrected chi connectivity index (χ0v) is 3.76. The number of hydrazine groups is 1. The maximum absolute atomic E-state index is 6.94. The van der Waals surface area contributed by atoms with Gasteiger partial charge in [-0.15, -0.1) is 0 Å². The van der Waals surface area contributed by atoms with E-state index in [-0.39, 0.29) is 0 Å². The quantitative estimate of drug-likeness (QED) is 0.474. The fourth-order valence-electron chi connectivity index (χ4n) is 0.358. The lowest BCUT2D eigenvalue weighted by Gasteiger charge is -2.14. The first-order valence-corrected chi connectivity index (χ1v) is 1.99. The van der Waals surface area contributed by atoms with Gasteiger partial charge in [0.2, 0.25) is 0 Å². The van der Waals surface area contributed by atoms with E-state index in [1.807, 2.05) is 0 Å². The van der Waals surface area contributed by atoms with Crippen molar-refractivity contribution in [1.82, 2.24) is 10.4 Å². The van der Waals surface area contributed by atoms with Gasteiger partial charge in [0.1, 0.15) is 0 Å². The first-order chi connectivity index (χ1) is 4.61. The Bertz CT molecular complexity index is 170. The summed E-state index contributed by atoms with van der Waals surface area (Å²) in [6, 6.07) is 0. The molecule has 1 heterocycles. The van der Waals surface area contributed by atoms with Crippen molar-refractivity contribution in [2.45, 2.75) is 0 Å². The topological polar surface area (TPSA) is 15.3 Å². The maximum atomic E-state index is 6.94. The molecule has 0 aromatic heterocycles. The second kappa shape index (κ2) is 1.69. The number of hydrogen-bond acceptors (Lipinski definition) is 2. The zero-order valence-electron chi connectivity index (χ0n) is 6.76. The molecule has 1 rings (SSSR count). The van der Waals surface area contributed by atoms with Crippen molar-refractivity contribution in [3.63, 3.8) is 0 Å². The SMILES string of the molecule is [2H]C([2H])([2H])N1C=CC=CN1. The van der Waals surface area contributed by atoms with Gasteiger partial charge in [-0.1, -0.05) is 0 Å². The molecule has 0 saturated carbocycles. The van der Waals surface area contributed by atoms with Crippen LogP contribution in [0.1, 0.15) is 4.11 Å². The van der Waals surface area contributed by atoms with E-state index in [1.54, 1.807) is 18.4 Å². The van der Waals surface area contributed by atoms with Gasteiger partial charge in [0.15, 0.2) is 0 Å². The molecule has 0 atom stereocenters. The van der Waals surface area contributed by atoms with Crippen LogP contribution in [-0.2, 0) is 0 Å². The lowest BCUT2D eigenvalue weighted by molar-refractivity contribution is 0.382. The van der Waals surface area contributed by atoms with E-state index >= 15 is 0 Å². The van der Waals surface area contributed by atoms with Crippen LogP contribution in [0.25, 0.3) is 0 Å². The second-order valence-electron chi connectivity index (χ2n) is 1.20. The van der Waals surface area contributed by atoms with Gasteiger partial charge in [0.25, 0.3) is 0 Å². The van der Waals surface area contributed by atoms with Gasteiger partial charge < -0.3 is 5.43 Å². The van der Waals surface area contributed by atoms with E-state index in [4.69, 9.17) is 4.11 Å². The molecule has 0 aromatic carbocycles. The van der Waals surface area contributed by atoms with Crippen molar-refractivity contribution in [2.75, 3.05) is 6.98 Å². The standard InChI is InChI=1S/C5H8N2/c1-7-5-3-2-4-6-7/h2-6H,1H3/i1D3. The Morgan fingerprint density at radius 2 is 2.71 bits per heavy atom. The molecule has 2 heteroatoms. The highest BCUT2D eigenvalue weighted by molar-refractivity contribution is 5.03. The molecule has 0 radical (unpaired) electrons. The maximum Gasteiger partial charge on any atom is 0.0478 e. The van der Waals surface area contributed by atoms with Crippen molar-refractivity contribution < 1.29 is 4.11 Å². The fourth-order valence-corrected chi connectivity index (χ4v) is 0.358. The van der Waals surface area contributed by atoms with E-state index in [1.165, 1.54) is 6.20 Å². The van der Waals surface area contributed by atoms with Crippen molar-refractivity contribution in [3.05, 3.63) is 24.6 Å². The van der Waals surface area contributed by atoms with Crippen LogP contribution >= 0.6 is 0 Å². The van der Waals surface area contributed by atoms with E-state index in [0.717, 1.165) is 5.01 Å². The summed E-state index contributed by atoms with van der Waals surface area (Å²) in [5.74, 6) is 0. The Balaban J connectivity index is 2.60. The summed E-state index contributed by atoms with van der Waals surface area (Å²) in [7, 11) is 0. The molecule has 0 fully saturated rings. The van der Waals surface area contributed by atoms with E-state index in [2.05, 4.69) is 5.43 Å². The molecule has 0 spiro atoms. The normalized spacial score (nSPS) is 25.1. The van der Waals surface area contributed by atoms with E-state index in [0.29, 0.717) is 0 Å². The highest BCUT2D eigenvalue weighted by atomic mass is 15.5. The minimum absolute atomic E-state index is 1.06. The minimum Gasteiger partial charge on any atom is -0.307 e. The molecule has 0 aromatic rings. The van der Waals surface area contributed by atoms with Crippen molar-refractivity contribution in [1.29, 1.82) is 0 Å². The first kappa shape index (κ1) is 1.90. The molecular formula is C5H8N2. The molecule has 1 aliphatic rings. The predicted molar refractivity (Wildman–Crippen MR) is 29.2 cm³/mol. The van der Waals surface area contributed by atoms with Crippen molar-refractivity contribution in [3.8, 4) is 0 Å². The number of rotatable bonds is 0. The summed E-state index contributed by atoms with van der Waals surface area (Å²) in [6.45, 7) is -2.10. The molecule has 1 N–H and O–H groups in total. The summed E-state index contributed by atoms with van der Waals surface area (Å²) in [4.78, 5) is 0. The van der Waals surface area contributed by atoms with Gasteiger partial charge in [0.05, 0.1) is 0 Å². The molecule has 1 aliphatic heterocycles. The number of allylic oxidation sites excluding steroid dienone is 2. The molecule has 38 valence electrons. The van der Waals surface area contributed by atoms with Crippen molar-refractivity contribution in [2.24, 2.45) is 0 Å². The largest absolute Gasteiger partial charge is 0.307 e. The van der Waals surface area contributed by atoms with Gasteiger partial charge in [-0.3, -0.25) is 5.01 Å². The van der Waals surface area contributed by atoms with E-state index in [9.17, 15) is 0 Å². The molecule has 0 bridgehead atoms. The average molecular weight is 99.2 g/mol. The Kier molecular flexibility index (Phi) is 0.459. The number of hydrogen-bond donors (Lipinski definition) is 1. The number of nitrogens with one attached hydrogen (secondary N) is 1. The summed E-state index contributed by atoms with van der Waals surface area (Å²) in [6.07, 6.45) is 6.41. The van der Waals surface area contributed by atoms with Crippen LogP contribution in [0, 0.1) is 0 Å². The lowest BCUT2D eigenvalue weighted by atomic mass is 10.5. The monoisotopic (exact) mass is 99.1 g/mol. The third kappa shape index (κ3) is 0.961. The lowest BCUT2D eigenvalue weighted by Crippen LogP contribution is -2.25. The minimum atomic E-state index is -2.10. The summed E-state index contributed by atoms with van der Waals surface area (Å²) < 4.78 is 20.8. The molecule has 0 saturated heterocycles. The Labute approximate surface area is 47.3 Å². The van der Waals surface area contributed by atoms with Crippen LogP contribution in [0.2, 0.25) is 0 Å².